The summed E-state index contributed by atoms with van der Waals surface area (Å²) in [5, 5.41) is 2.61. The molecule has 0 aliphatic rings. The van der Waals surface area contributed by atoms with Crippen LogP contribution in [0.4, 0.5) is 24.5 Å². The number of rotatable bonds is 14. The average molecular weight is 737 g/mol. The van der Waals surface area contributed by atoms with Crippen molar-refractivity contribution in [3.8, 4) is 11.1 Å². The molecule has 0 aliphatic carbocycles. The monoisotopic (exact) mass is 736 g/mol. The highest BCUT2D eigenvalue weighted by Crippen LogP contribution is 2.39. The SMILES string of the molecule is CCOC(=O)C(CC(=O)Cc1ccc(NC(=O)c2cc(C(F)(F)F)ccc2-c2ccccc2)c(C=O)c1N(C)C)(C(=O)OCC)c1ccccc1Cl. The number of ether oxygens (including phenoxy) is 2. The summed E-state index contributed by atoms with van der Waals surface area (Å²) in [5.74, 6) is -3.58. The van der Waals surface area contributed by atoms with Gasteiger partial charge in [0.05, 0.1) is 35.7 Å². The summed E-state index contributed by atoms with van der Waals surface area (Å²) in [7, 11) is 3.18. The highest BCUT2D eigenvalue weighted by Gasteiger charge is 2.53. The summed E-state index contributed by atoms with van der Waals surface area (Å²) < 4.78 is 51.7. The van der Waals surface area contributed by atoms with E-state index in [1.165, 1.54) is 35.2 Å². The highest BCUT2D eigenvalue weighted by atomic mass is 35.5. The molecule has 4 rings (SSSR count). The summed E-state index contributed by atoms with van der Waals surface area (Å²) in [4.78, 5) is 68.9. The van der Waals surface area contributed by atoms with Gasteiger partial charge in [-0.3, -0.25) is 24.0 Å². The first-order chi connectivity index (χ1) is 24.7. The number of carbonyl (C=O) groups excluding carboxylic acids is 5. The third-order valence-electron chi connectivity index (χ3n) is 8.22. The normalized spacial score (nSPS) is 11.4. The Morgan fingerprint density at radius 3 is 2.02 bits per heavy atom. The molecule has 4 aromatic carbocycles. The molecule has 0 unspecified atom stereocenters. The molecular weight excluding hydrogens is 701 g/mol. The Balaban J connectivity index is 1.76. The lowest BCUT2D eigenvalue weighted by atomic mass is 9.75. The zero-order chi connectivity index (χ0) is 38.2. The first kappa shape index (κ1) is 39.3. The van der Waals surface area contributed by atoms with Gasteiger partial charge in [-0.05, 0) is 60.4 Å². The van der Waals surface area contributed by atoms with Crippen molar-refractivity contribution >= 4 is 52.9 Å². The van der Waals surface area contributed by atoms with Crippen LogP contribution >= 0.6 is 11.6 Å². The van der Waals surface area contributed by atoms with E-state index in [-0.39, 0.29) is 58.3 Å². The number of Topliss-reactive ketones (excluding diaryl/α,β-unsaturated/α-hetero) is 1. The molecule has 0 radical (unpaired) electrons. The molecule has 0 aromatic heterocycles. The molecule has 4 aromatic rings. The second-order valence-corrected chi connectivity index (χ2v) is 12.3. The minimum Gasteiger partial charge on any atom is -0.465 e. The largest absolute Gasteiger partial charge is 0.465 e. The van der Waals surface area contributed by atoms with Crippen molar-refractivity contribution in [3.63, 3.8) is 0 Å². The van der Waals surface area contributed by atoms with Gasteiger partial charge < -0.3 is 19.7 Å². The van der Waals surface area contributed by atoms with E-state index in [9.17, 15) is 37.1 Å². The van der Waals surface area contributed by atoms with Crippen molar-refractivity contribution in [2.45, 2.75) is 38.3 Å². The molecule has 0 fully saturated rings. The second-order valence-electron chi connectivity index (χ2n) is 11.8. The maximum absolute atomic E-state index is 13.9. The molecule has 52 heavy (non-hydrogen) atoms. The molecule has 0 saturated carbocycles. The third kappa shape index (κ3) is 8.34. The molecule has 0 heterocycles. The van der Waals surface area contributed by atoms with E-state index in [1.807, 2.05) is 0 Å². The Morgan fingerprint density at radius 1 is 0.846 bits per heavy atom. The van der Waals surface area contributed by atoms with Gasteiger partial charge in [0.2, 0.25) is 0 Å². The van der Waals surface area contributed by atoms with Crippen molar-refractivity contribution in [2.75, 3.05) is 37.5 Å². The summed E-state index contributed by atoms with van der Waals surface area (Å²) in [5.41, 5.74) is -2.40. The molecule has 272 valence electrons. The molecule has 0 bridgehead atoms. The Hall–Kier alpha value is -5.49. The van der Waals surface area contributed by atoms with Crippen molar-refractivity contribution in [1.29, 1.82) is 0 Å². The molecule has 9 nitrogen and oxygen atoms in total. The van der Waals surface area contributed by atoms with Crippen LogP contribution in [0.1, 0.15) is 57.7 Å². The Labute approximate surface area is 303 Å². The van der Waals surface area contributed by atoms with Gasteiger partial charge in [-0.1, -0.05) is 72.3 Å². The summed E-state index contributed by atoms with van der Waals surface area (Å²) in [6.07, 6.45) is -5.36. The van der Waals surface area contributed by atoms with E-state index in [0.717, 1.165) is 12.1 Å². The van der Waals surface area contributed by atoms with Crippen LogP contribution in [0.2, 0.25) is 5.02 Å². The van der Waals surface area contributed by atoms with Crippen molar-refractivity contribution < 1.29 is 46.6 Å². The van der Waals surface area contributed by atoms with Crippen LogP contribution in [0.3, 0.4) is 0 Å². The Bertz CT molecular complexity index is 1960. The first-order valence-electron chi connectivity index (χ1n) is 16.2. The van der Waals surface area contributed by atoms with E-state index in [1.54, 1.807) is 70.4 Å². The van der Waals surface area contributed by atoms with Crippen LogP contribution in [-0.4, -0.2) is 57.2 Å². The zero-order valence-electron chi connectivity index (χ0n) is 28.8. The van der Waals surface area contributed by atoms with Crippen LogP contribution in [0.25, 0.3) is 11.1 Å². The minimum atomic E-state index is -4.73. The van der Waals surface area contributed by atoms with Crippen molar-refractivity contribution in [3.05, 3.63) is 118 Å². The Morgan fingerprint density at radius 2 is 1.46 bits per heavy atom. The van der Waals surface area contributed by atoms with Crippen LogP contribution < -0.4 is 10.2 Å². The van der Waals surface area contributed by atoms with Gasteiger partial charge in [0.25, 0.3) is 5.91 Å². The molecule has 0 spiro atoms. The third-order valence-corrected chi connectivity index (χ3v) is 8.55. The molecule has 13 heteroatoms. The van der Waals surface area contributed by atoms with Gasteiger partial charge in [0.1, 0.15) is 5.78 Å². The number of benzene rings is 4. The molecule has 1 N–H and O–H groups in total. The number of anilines is 2. The number of hydrogen-bond acceptors (Lipinski definition) is 8. The number of hydrogen-bond donors (Lipinski definition) is 1. The molecule has 0 aliphatic heterocycles. The lowest BCUT2D eigenvalue weighted by Gasteiger charge is -2.30. The fourth-order valence-electron chi connectivity index (χ4n) is 5.95. The van der Waals surface area contributed by atoms with Gasteiger partial charge in [0, 0.05) is 37.5 Å². The standard InChI is InChI=1S/C39H36ClF3N2O7/c1-5-51-36(49)38(37(50)52-6-2,31-14-10-11-15-32(31)40)22-27(47)20-25-16-19-33(30(23-46)34(25)45(3)4)44-35(48)29-21-26(39(41,42)43)17-18-28(29)24-12-8-7-9-13-24/h7-19,21,23H,5-6,20,22H2,1-4H3,(H,44,48). The molecule has 0 atom stereocenters. The predicted molar refractivity (Wildman–Crippen MR) is 191 cm³/mol. The topological polar surface area (TPSA) is 119 Å². The maximum atomic E-state index is 13.9. The lowest BCUT2D eigenvalue weighted by Crippen LogP contribution is -2.48. The second kappa shape index (κ2) is 16.7. The predicted octanol–water partition coefficient (Wildman–Crippen LogP) is 7.72. The number of esters is 2. The molecular formula is C39H36ClF3N2O7. The highest BCUT2D eigenvalue weighted by molar-refractivity contribution is 6.32. The summed E-state index contributed by atoms with van der Waals surface area (Å²) in [6, 6.07) is 20.1. The summed E-state index contributed by atoms with van der Waals surface area (Å²) >= 11 is 6.46. The van der Waals surface area contributed by atoms with E-state index in [0.29, 0.717) is 17.4 Å². The van der Waals surface area contributed by atoms with Gasteiger partial charge in [-0.15, -0.1) is 0 Å². The van der Waals surface area contributed by atoms with Gasteiger partial charge in [-0.25, -0.2) is 0 Å². The van der Waals surface area contributed by atoms with Crippen molar-refractivity contribution in [2.24, 2.45) is 0 Å². The fourth-order valence-corrected chi connectivity index (χ4v) is 6.25. The number of nitrogens with zero attached hydrogens (tertiary/aromatic N) is 1. The van der Waals surface area contributed by atoms with Crippen LogP contribution in [0.5, 0.6) is 0 Å². The fraction of sp³-hybridized carbons (Fsp3) is 0.256. The van der Waals surface area contributed by atoms with E-state index in [2.05, 4.69) is 5.32 Å². The van der Waals surface area contributed by atoms with E-state index < -0.39 is 47.2 Å². The van der Waals surface area contributed by atoms with Gasteiger partial charge in [0.15, 0.2) is 11.7 Å². The van der Waals surface area contributed by atoms with Gasteiger partial charge in [-0.2, -0.15) is 13.2 Å². The van der Waals surface area contributed by atoms with E-state index >= 15 is 0 Å². The number of nitrogens with one attached hydrogen (secondary N) is 1. The van der Waals surface area contributed by atoms with E-state index in [4.69, 9.17) is 21.1 Å². The average Bonchev–Trinajstić information content (AvgIpc) is 3.11. The minimum absolute atomic E-state index is 0.0193. The number of carbonyl (C=O) groups is 5. The van der Waals surface area contributed by atoms with Crippen LogP contribution in [0, 0.1) is 0 Å². The lowest BCUT2D eigenvalue weighted by molar-refractivity contribution is -0.166. The van der Waals surface area contributed by atoms with Crippen LogP contribution in [-0.2, 0) is 41.9 Å². The van der Waals surface area contributed by atoms with Gasteiger partial charge >= 0.3 is 18.1 Å². The van der Waals surface area contributed by atoms with Crippen LogP contribution in [0.15, 0.2) is 84.9 Å². The number of ketones is 1. The number of amides is 1. The number of halogens is 4. The maximum Gasteiger partial charge on any atom is 0.416 e. The quantitative estimate of drug-likeness (QED) is 0.0794. The van der Waals surface area contributed by atoms with Crippen molar-refractivity contribution in [1.82, 2.24) is 0 Å². The smallest absolute Gasteiger partial charge is 0.416 e. The zero-order valence-corrected chi connectivity index (χ0v) is 29.6. The molecule has 1 amide bonds. The Kier molecular flexibility index (Phi) is 12.6. The first-order valence-corrected chi connectivity index (χ1v) is 16.5. The molecule has 0 saturated heterocycles. The summed E-state index contributed by atoms with van der Waals surface area (Å²) in [6.45, 7) is 2.88. The number of alkyl halides is 3. The number of aldehydes is 1.